The fourth-order valence-corrected chi connectivity index (χ4v) is 4.28. The Bertz CT molecular complexity index is 458. The van der Waals surface area contributed by atoms with Gasteiger partial charge in [0, 0.05) is 17.7 Å². The number of piperidine rings is 1. The molecule has 0 radical (unpaired) electrons. The van der Waals surface area contributed by atoms with E-state index in [2.05, 4.69) is 20.1 Å². The SMILES string of the molecule is C1CC(CCSc2nnc(C3CC3)n2C2CC2)CCN1. The van der Waals surface area contributed by atoms with Gasteiger partial charge in [-0.1, -0.05) is 11.8 Å². The molecule has 2 saturated carbocycles. The van der Waals surface area contributed by atoms with Crippen LogP contribution in [0.3, 0.4) is 0 Å². The minimum absolute atomic E-state index is 0.724. The highest BCUT2D eigenvalue weighted by molar-refractivity contribution is 7.99. The highest BCUT2D eigenvalue weighted by Crippen LogP contribution is 2.46. The highest BCUT2D eigenvalue weighted by Gasteiger charge is 2.36. The molecule has 0 bridgehead atoms. The Morgan fingerprint density at radius 2 is 1.85 bits per heavy atom. The second kappa shape index (κ2) is 5.68. The number of nitrogens with one attached hydrogen (secondary N) is 1. The van der Waals surface area contributed by atoms with Crippen LogP contribution in [0.5, 0.6) is 0 Å². The minimum Gasteiger partial charge on any atom is -0.317 e. The van der Waals surface area contributed by atoms with E-state index in [1.165, 1.54) is 74.8 Å². The largest absolute Gasteiger partial charge is 0.317 e. The molecule has 0 unspecified atom stereocenters. The van der Waals surface area contributed by atoms with Gasteiger partial charge in [-0.3, -0.25) is 0 Å². The molecule has 1 aromatic rings. The van der Waals surface area contributed by atoms with E-state index in [0.717, 1.165) is 17.9 Å². The molecule has 20 heavy (non-hydrogen) atoms. The fourth-order valence-electron chi connectivity index (χ4n) is 3.17. The average Bonchev–Trinajstić information content (AvgIpc) is 3.40. The van der Waals surface area contributed by atoms with Crippen LogP contribution in [0.2, 0.25) is 0 Å². The molecule has 1 aliphatic heterocycles. The lowest BCUT2D eigenvalue weighted by atomic mass is 9.96. The standard InChI is InChI=1S/C15H24N4S/c1-2-12(1)14-17-18-15(19(14)13-3-4-13)20-10-7-11-5-8-16-9-6-11/h11-13,16H,1-10H2. The van der Waals surface area contributed by atoms with Gasteiger partial charge in [-0.15, -0.1) is 10.2 Å². The molecule has 4 nitrogen and oxygen atoms in total. The molecule has 1 saturated heterocycles. The summed E-state index contributed by atoms with van der Waals surface area (Å²) >= 11 is 1.94. The van der Waals surface area contributed by atoms with Gasteiger partial charge >= 0.3 is 0 Å². The Balaban J connectivity index is 1.36. The number of thioether (sulfide) groups is 1. The van der Waals surface area contributed by atoms with E-state index >= 15 is 0 Å². The first-order valence-corrected chi connectivity index (χ1v) is 9.18. The van der Waals surface area contributed by atoms with Gasteiger partial charge in [0.15, 0.2) is 5.16 Å². The van der Waals surface area contributed by atoms with Crippen molar-refractivity contribution in [2.45, 2.75) is 62.1 Å². The Morgan fingerprint density at radius 3 is 2.55 bits per heavy atom. The molecule has 0 atom stereocenters. The summed E-state index contributed by atoms with van der Waals surface area (Å²) in [5.74, 6) is 4.14. The third-order valence-corrected chi connectivity index (χ3v) is 5.74. The fraction of sp³-hybridized carbons (Fsp3) is 0.867. The van der Waals surface area contributed by atoms with Gasteiger partial charge in [0.25, 0.3) is 0 Å². The molecule has 4 rings (SSSR count). The third-order valence-electron chi connectivity index (χ3n) is 4.76. The lowest BCUT2D eigenvalue weighted by molar-refractivity contribution is 0.367. The van der Waals surface area contributed by atoms with Crippen LogP contribution in [-0.4, -0.2) is 33.6 Å². The molecule has 2 heterocycles. The van der Waals surface area contributed by atoms with Crippen LogP contribution in [-0.2, 0) is 0 Å². The summed E-state index contributed by atoms with van der Waals surface area (Å²) in [4.78, 5) is 0. The van der Waals surface area contributed by atoms with Gasteiger partial charge in [0.1, 0.15) is 5.82 Å². The number of hydrogen-bond acceptors (Lipinski definition) is 4. The molecule has 3 aliphatic rings. The van der Waals surface area contributed by atoms with Crippen molar-refractivity contribution >= 4 is 11.8 Å². The summed E-state index contributed by atoms with van der Waals surface area (Å²) in [6, 6.07) is 0.724. The first-order chi connectivity index (χ1) is 9.92. The molecule has 2 aliphatic carbocycles. The summed E-state index contributed by atoms with van der Waals surface area (Å²) in [7, 11) is 0. The molecular weight excluding hydrogens is 268 g/mol. The van der Waals surface area contributed by atoms with E-state index in [-0.39, 0.29) is 0 Å². The highest BCUT2D eigenvalue weighted by atomic mass is 32.2. The zero-order chi connectivity index (χ0) is 13.4. The number of hydrogen-bond donors (Lipinski definition) is 1. The summed E-state index contributed by atoms with van der Waals surface area (Å²) in [6.07, 6.45) is 9.35. The first kappa shape index (κ1) is 13.1. The summed E-state index contributed by atoms with van der Waals surface area (Å²) < 4.78 is 2.48. The van der Waals surface area contributed by atoms with Gasteiger partial charge in [0.05, 0.1) is 0 Å². The summed E-state index contributed by atoms with van der Waals surface area (Å²) in [6.45, 7) is 2.42. The normalized spacial score (nSPS) is 24.2. The van der Waals surface area contributed by atoms with E-state index in [9.17, 15) is 0 Å². The van der Waals surface area contributed by atoms with Crippen molar-refractivity contribution in [3.8, 4) is 0 Å². The Morgan fingerprint density at radius 1 is 1.05 bits per heavy atom. The van der Waals surface area contributed by atoms with Crippen molar-refractivity contribution in [1.82, 2.24) is 20.1 Å². The lowest BCUT2D eigenvalue weighted by Gasteiger charge is -2.22. The Labute approximate surface area is 125 Å². The van der Waals surface area contributed by atoms with Gasteiger partial charge in [-0.2, -0.15) is 0 Å². The number of aromatic nitrogens is 3. The molecule has 0 aromatic carbocycles. The van der Waals surface area contributed by atoms with E-state index in [1.807, 2.05) is 11.8 Å². The van der Waals surface area contributed by atoms with Crippen LogP contribution in [0.4, 0.5) is 0 Å². The maximum absolute atomic E-state index is 4.49. The molecule has 0 spiro atoms. The molecule has 110 valence electrons. The van der Waals surface area contributed by atoms with Crippen LogP contribution in [0, 0.1) is 5.92 Å². The zero-order valence-corrected chi connectivity index (χ0v) is 12.9. The first-order valence-electron chi connectivity index (χ1n) is 8.20. The quantitative estimate of drug-likeness (QED) is 0.819. The van der Waals surface area contributed by atoms with Gasteiger partial charge in [0.2, 0.25) is 0 Å². The predicted octanol–water partition coefficient (Wildman–Crippen LogP) is 2.97. The van der Waals surface area contributed by atoms with Crippen molar-refractivity contribution in [3.63, 3.8) is 0 Å². The third kappa shape index (κ3) is 2.89. The van der Waals surface area contributed by atoms with Crippen molar-refractivity contribution in [2.75, 3.05) is 18.8 Å². The van der Waals surface area contributed by atoms with E-state index < -0.39 is 0 Å². The van der Waals surface area contributed by atoms with Crippen LogP contribution in [0.15, 0.2) is 5.16 Å². The van der Waals surface area contributed by atoms with Crippen LogP contribution < -0.4 is 5.32 Å². The van der Waals surface area contributed by atoms with Crippen molar-refractivity contribution in [1.29, 1.82) is 0 Å². The van der Waals surface area contributed by atoms with Crippen LogP contribution >= 0.6 is 11.8 Å². The monoisotopic (exact) mass is 292 g/mol. The van der Waals surface area contributed by atoms with Crippen molar-refractivity contribution < 1.29 is 0 Å². The second-order valence-electron chi connectivity index (χ2n) is 6.55. The van der Waals surface area contributed by atoms with E-state index in [4.69, 9.17) is 0 Å². The maximum atomic E-state index is 4.49. The summed E-state index contributed by atoms with van der Waals surface area (Å²) in [5, 5.41) is 13.6. The van der Waals surface area contributed by atoms with Gasteiger partial charge < -0.3 is 9.88 Å². The molecule has 0 amide bonds. The van der Waals surface area contributed by atoms with Crippen molar-refractivity contribution in [2.24, 2.45) is 5.92 Å². The predicted molar refractivity (Wildman–Crippen MR) is 81.2 cm³/mol. The van der Waals surface area contributed by atoms with Gasteiger partial charge in [-0.05, 0) is 64.0 Å². The van der Waals surface area contributed by atoms with Crippen LogP contribution in [0.25, 0.3) is 0 Å². The van der Waals surface area contributed by atoms with Crippen LogP contribution in [0.1, 0.15) is 62.7 Å². The average molecular weight is 292 g/mol. The Hall–Kier alpha value is -0.550. The number of nitrogens with zero attached hydrogens (tertiary/aromatic N) is 3. The minimum atomic E-state index is 0.724. The smallest absolute Gasteiger partial charge is 0.191 e. The van der Waals surface area contributed by atoms with Gasteiger partial charge in [-0.25, -0.2) is 0 Å². The second-order valence-corrected chi connectivity index (χ2v) is 7.61. The maximum Gasteiger partial charge on any atom is 0.191 e. The lowest BCUT2D eigenvalue weighted by Crippen LogP contribution is -2.27. The molecule has 5 heteroatoms. The summed E-state index contributed by atoms with van der Waals surface area (Å²) in [5.41, 5.74) is 0. The topological polar surface area (TPSA) is 42.7 Å². The van der Waals surface area contributed by atoms with E-state index in [1.54, 1.807) is 0 Å². The number of rotatable bonds is 6. The zero-order valence-electron chi connectivity index (χ0n) is 12.1. The molecular formula is C15H24N4S. The molecule has 3 fully saturated rings. The van der Waals surface area contributed by atoms with E-state index in [0.29, 0.717) is 0 Å². The van der Waals surface area contributed by atoms with Crippen molar-refractivity contribution in [3.05, 3.63) is 5.82 Å². The molecule has 1 N–H and O–H groups in total. The molecule has 1 aromatic heterocycles. The Kier molecular flexibility index (Phi) is 3.73.